The van der Waals surface area contributed by atoms with E-state index in [1.807, 2.05) is 29.6 Å². The fourth-order valence-corrected chi connectivity index (χ4v) is 4.93. The molecule has 0 unspecified atom stereocenters. The predicted octanol–water partition coefficient (Wildman–Crippen LogP) is 7.24. The maximum Gasteiger partial charge on any atom is 0.0645 e. The third kappa shape index (κ3) is 1.91. The molecule has 1 N–H and O–H groups in total. The summed E-state index contributed by atoms with van der Waals surface area (Å²) in [4.78, 5) is 3.46. The molecular formula is C22H13BrN2S. The Morgan fingerprint density at radius 2 is 1.73 bits per heavy atom. The SMILES string of the molecule is [2H]c1c([2H])c([2H])c(-n2c3ccc(Br)cc3c3cc4[nH]c5ccsc5c4cc32)c([2H])c1[2H]. The van der Waals surface area contributed by atoms with E-state index >= 15 is 0 Å². The van der Waals surface area contributed by atoms with Gasteiger partial charge in [0.15, 0.2) is 0 Å². The lowest BCUT2D eigenvalue weighted by Crippen LogP contribution is -1.92. The summed E-state index contributed by atoms with van der Waals surface area (Å²) >= 11 is 5.19. The van der Waals surface area contributed by atoms with Crippen molar-refractivity contribution in [3.63, 3.8) is 0 Å². The number of fused-ring (bicyclic) bond motifs is 6. The van der Waals surface area contributed by atoms with Gasteiger partial charge in [0.25, 0.3) is 0 Å². The molecule has 6 rings (SSSR count). The van der Waals surface area contributed by atoms with Gasteiger partial charge in [-0.05, 0) is 53.9 Å². The Morgan fingerprint density at radius 3 is 2.62 bits per heavy atom. The molecule has 0 saturated heterocycles. The van der Waals surface area contributed by atoms with Gasteiger partial charge in [0.2, 0.25) is 0 Å². The molecule has 0 bridgehead atoms. The Morgan fingerprint density at radius 1 is 0.885 bits per heavy atom. The maximum absolute atomic E-state index is 8.54. The van der Waals surface area contributed by atoms with Crippen molar-refractivity contribution in [1.29, 1.82) is 0 Å². The van der Waals surface area contributed by atoms with Crippen molar-refractivity contribution >= 4 is 70.2 Å². The topological polar surface area (TPSA) is 20.7 Å². The van der Waals surface area contributed by atoms with Crippen molar-refractivity contribution in [3.05, 3.63) is 76.5 Å². The minimum atomic E-state index is -0.393. The first kappa shape index (κ1) is 10.6. The zero-order valence-corrected chi connectivity index (χ0v) is 15.7. The number of benzene rings is 3. The Hall–Kier alpha value is -2.56. The summed E-state index contributed by atoms with van der Waals surface area (Å²) in [7, 11) is 0. The number of aromatic amines is 1. The van der Waals surface area contributed by atoms with Crippen LogP contribution < -0.4 is 0 Å². The van der Waals surface area contributed by atoms with E-state index in [4.69, 9.17) is 6.85 Å². The van der Waals surface area contributed by atoms with E-state index < -0.39 is 6.04 Å². The number of para-hydroxylation sites is 1. The van der Waals surface area contributed by atoms with Crippen molar-refractivity contribution in [3.8, 4) is 5.69 Å². The zero-order valence-electron chi connectivity index (χ0n) is 18.3. The molecule has 0 radical (unpaired) electrons. The zero-order chi connectivity index (χ0) is 21.6. The molecule has 124 valence electrons. The molecule has 3 aromatic heterocycles. The molecule has 26 heavy (non-hydrogen) atoms. The summed E-state index contributed by atoms with van der Waals surface area (Å²) in [6.45, 7) is 0. The van der Waals surface area contributed by atoms with Gasteiger partial charge in [-0.15, -0.1) is 11.3 Å². The Kier molecular flexibility index (Phi) is 2.12. The number of aromatic nitrogens is 2. The Bertz CT molecular complexity index is 1680. The van der Waals surface area contributed by atoms with E-state index in [1.165, 1.54) is 0 Å². The summed E-state index contributed by atoms with van der Waals surface area (Å²) in [5.41, 5.74) is 3.81. The number of nitrogens with zero attached hydrogens (tertiary/aromatic N) is 1. The summed E-state index contributed by atoms with van der Waals surface area (Å²) in [5, 5.41) is 4.97. The van der Waals surface area contributed by atoms with Gasteiger partial charge in [-0.2, -0.15) is 0 Å². The van der Waals surface area contributed by atoms with Gasteiger partial charge in [-0.3, -0.25) is 0 Å². The maximum atomic E-state index is 8.54. The first-order valence-corrected chi connectivity index (χ1v) is 9.74. The molecule has 0 amide bonds. The lowest BCUT2D eigenvalue weighted by molar-refractivity contribution is 1.18. The highest BCUT2D eigenvalue weighted by atomic mass is 79.9. The number of halogens is 1. The van der Waals surface area contributed by atoms with Crippen LogP contribution in [0.25, 0.3) is 48.6 Å². The van der Waals surface area contributed by atoms with Gasteiger partial charge in [0.1, 0.15) is 0 Å². The Labute approximate surface area is 168 Å². The van der Waals surface area contributed by atoms with Gasteiger partial charge >= 0.3 is 0 Å². The van der Waals surface area contributed by atoms with Crippen molar-refractivity contribution < 1.29 is 6.85 Å². The molecular weight excluding hydrogens is 404 g/mol. The van der Waals surface area contributed by atoms with Crippen LogP contribution in [0.5, 0.6) is 0 Å². The average molecular weight is 422 g/mol. The fourth-order valence-electron chi connectivity index (χ4n) is 3.69. The normalized spacial score (nSPS) is 14.7. The third-order valence-corrected chi connectivity index (χ3v) is 6.20. The Balaban J connectivity index is 1.87. The summed E-state index contributed by atoms with van der Waals surface area (Å²) < 4.78 is 45.2. The van der Waals surface area contributed by atoms with Gasteiger partial charge in [-0.25, -0.2) is 0 Å². The lowest BCUT2D eigenvalue weighted by atomic mass is 10.1. The molecule has 2 nitrogen and oxygen atoms in total. The molecule has 0 aliphatic carbocycles. The van der Waals surface area contributed by atoms with Gasteiger partial charge in [0, 0.05) is 31.8 Å². The van der Waals surface area contributed by atoms with Crippen LogP contribution in [0.1, 0.15) is 6.85 Å². The summed E-state index contributed by atoms with van der Waals surface area (Å²) in [6, 6.07) is 10.5. The molecule has 4 heteroatoms. The van der Waals surface area contributed by atoms with Crippen molar-refractivity contribution in [1.82, 2.24) is 9.55 Å². The number of hydrogen-bond donors (Lipinski definition) is 1. The van der Waals surface area contributed by atoms with Crippen molar-refractivity contribution in [2.45, 2.75) is 0 Å². The first-order chi connectivity index (χ1) is 14.9. The molecule has 0 aliphatic rings. The van der Waals surface area contributed by atoms with Crippen LogP contribution in [-0.2, 0) is 0 Å². The highest BCUT2D eigenvalue weighted by Gasteiger charge is 2.15. The molecule has 0 saturated carbocycles. The van der Waals surface area contributed by atoms with Crippen LogP contribution in [0.15, 0.2) is 76.5 Å². The van der Waals surface area contributed by atoms with Crippen molar-refractivity contribution in [2.24, 2.45) is 0 Å². The monoisotopic (exact) mass is 421 g/mol. The quantitative estimate of drug-likeness (QED) is 0.288. The van der Waals surface area contributed by atoms with E-state index in [1.54, 1.807) is 15.9 Å². The van der Waals surface area contributed by atoms with E-state index in [0.29, 0.717) is 0 Å². The number of rotatable bonds is 1. The number of thiophene rings is 1. The highest BCUT2D eigenvalue weighted by molar-refractivity contribution is 9.10. The molecule has 3 aromatic carbocycles. The molecule has 0 fully saturated rings. The second kappa shape index (κ2) is 5.22. The number of H-pyrrole nitrogens is 1. The average Bonchev–Trinajstić information content (AvgIpc) is 3.42. The standard InChI is InChI=1S/C22H13BrN2S/c23-13-6-7-20-15(10-13)16-11-19-17(22-18(24-19)8-9-26-22)12-21(16)25(20)14-4-2-1-3-5-14/h1-12,24H/i1D,2D,3D,4D,5D. The van der Waals surface area contributed by atoms with Crippen LogP contribution in [0.3, 0.4) is 0 Å². The fraction of sp³-hybridized carbons (Fsp3) is 0. The molecule has 0 atom stereocenters. The third-order valence-electron chi connectivity index (χ3n) is 4.76. The van der Waals surface area contributed by atoms with Gasteiger partial charge in [-0.1, -0.05) is 34.1 Å². The lowest BCUT2D eigenvalue weighted by Gasteiger charge is -2.07. The second-order valence-electron chi connectivity index (χ2n) is 6.17. The number of nitrogens with one attached hydrogen (secondary N) is 1. The largest absolute Gasteiger partial charge is 0.354 e. The summed E-state index contributed by atoms with van der Waals surface area (Å²) in [5.74, 6) is 0. The van der Waals surface area contributed by atoms with Crippen molar-refractivity contribution in [2.75, 3.05) is 0 Å². The molecule has 3 heterocycles. The highest BCUT2D eigenvalue weighted by Crippen LogP contribution is 2.38. The summed E-state index contributed by atoms with van der Waals surface area (Å²) in [6.07, 6.45) is 0. The smallest absolute Gasteiger partial charge is 0.0645 e. The van der Waals surface area contributed by atoms with E-state index in [9.17, 15) is 0 Å². The molecule has 0 spiro atoms. The van der Waals surface area contributed by atoms with E-state index in [-0.39, 0.29) is 29.9 Å². The van der Waals surface area contributed by atoms with Crippen LogP contribution in [0.4, 0.5) is 0 Å². The van der Waals surface area contributed by atoms with E-state index in [0.717, 1.165) is 47.4 Å². The second-order valence-corrected chi connectivity index (χ2v) is 8.01. The van der Waals surface area contributed by atoms with Crippen LogP contribution in [0.2, 0.25) is 0 Å². The molecule has 0 aliphatic heterocycles. The van der Waals surface area contributed by atoms with Crippen LogP contribution >= 0.6 is 27.3 Å². The number of hydrogen-bond acceptors (Lipinski definition) is 1. The van der Waals surface area contributed by atoms with E-state index in [2.05, 4.69) is 33.0 Å². The van der Waals surface area contributed by atoms with Crippen LogP contribution in [0, 0.1) is 0 Å². The van der Waals surface area contributed by atoms with Gasteiger partial charge < -0.3 is 9.55 Å². The predicted molar refractivity (Wildman–Crippen MR) is 116 cm³/mol. The first-order valence-electron chi connectivity index (χ1n) is 10.6. The minimum absolute atomic E-state index is 0.158. The minimum Gasteiger partial charge on any atom is -0.354 e. The van der Waals surface area contributed by atoms with Gasteiger partial charge in [0.05, 0.1) is 28.1 Å². The van der Waals surface area contributed by atoms with Crippen LogP contribution in [-0.4, -0.2) is 9.55 Å². The molecule has 6 aromatic rings.